The van der Waals surface area contributed by atoms with Crippen LogP contribution in [0, 0.1) is 4.91 Å². The van der Waals surface area contributed by atoms with Gasteiger partial charge in [0.15, 0.2) is 5.34 Å². The van der Waals surface area contributed by atoms with Gasteiger partial charge in [0.25, 0.3) is 0 Å². The summed E-state index contributed by atoms with van der Waals surface area (Å²) in [5.41, 5.74) is 0. The van der Waals surface area contributed by atoms with Gasteiger partial charge in [-0.05, 0) is 0 Å². The fourth-order valence-electron chi connectivity index (χ4n) is 0. The summed E-state index contributed by atoms with van der Waals surface area (Å²) in [7, 11) is 0. The molecule has 0 aromatic rings. The molecule has 0 aliphatic rings. The van der Waals surface area contributed by atoms with E-state index in [1.54, 1.807) is 0 Å². The van der Waals surface area contributed by atoms with Gasteiger partial charge in [0.2, 0.25) is 0 Å². The Morgan fingerprint density at radius 3 is 1.60 bits per heavy atom. The van der Waals surface area contributed by atoms with Crippen molar-refractivity contribution < 1.29 is 34.8 Å². The van der Waals surface area contributed by atoms with Crippen molar-refractivity contribution >= 4 is 0 Å². The van der Waals surface area contributed by atoms with Gasteiger partial charge in [-0.15, -0.1) is 4.91 Å². The van der Waals surface area contributed by atoms with Crippen molar-refractivity contribution in [1.82, 2.24) is 0 Å². The van der Waals surface area contributed by atoms with Gasteiger partial charge in [0.1, 0.15) is 0 Å². The Balaban J connectivity index is -0.0000000200. The van der Waals surface area contributed by atoms with Crippen LogP contribution in [0.5, 0.6) is 0 Å². The molecular formula is H3N2NaO2. The van der Waals surface area contributed by atoms with Crippen LogP contribution in [0.15, 0.2) is 5.34 Å². The Bertz CT molecular complexity index is 15.1. The minimum Gasteiger partial charge on any atom is -0.693 e. The van der Waals surface area contributed by atoms with Crippen molar-refractivity contribution in [1.29, 1.82) is 0 Å². The molecular weight excluding hydrogens is 83.0 g/mol. The van der Waals surface area contributed by atoms with Crippen molar-refractivity contribution in [3.05, 3.63) is 11.1 Å². The van der Waals surface area contributed by atoms with E-state index < -0.39 is 0 Å². The molecule has 26 valence electrons. The largest absolute Gasteiger partial charge is 1.00 e. The molecule has 0 aliphatic carbocycles. The van der Waals surface area contributed by atoms with E-state index in [-0.39, 0.29) is 35.7 Å². The van der Waals surface area contributed by atoms with Gasteiger partial charge in [0.05, 0.1) is 0 Å². The molecule has 5 heteroatoms. The summed E-state index contributed by atoms with van der Waals surface area (Å²) in [6.07, 6.45) is 0. The fourth-order valence-corrected chi connectivity index (χ4v) is 0. The molecule has 0 saturated carbocycles. The van der Waals surface area contributed by atoms with Gasteiger partial charge >= 0.3 is 29.6 Å². The molecule has 5 heavy (non-hydrogen) atoms. The molecule has 0 saturated heterocycles. The van der Waals surface area contributed by atoms with Crippen molar-refractivity contribution in [3.63, 3.8) is 0 Å². The zero-order valence-electron chi connectivity index (χ0n) is 2.88. The normalized spacial score (nSPS) is 2.40. The third-order valence-electron chi connectivity index (χ3n) is 0. The first-order valence-corrected chi connectivity index (χ1v) is 0.383. The summed E-state index contributed by atoms with van der Waals surface area (Å²) >= 11 is 0. The van der Waals surface area contributed by atoms with Gasteiger partial charge in [-0.1, -0.05) is 0 Å². The van der Waals surface area contributed by atoms with Crippen molar-refractivity contribution in [2.45, 2.75) is 0 Å². The summed E-state index contributed by atoms with van der Waals surface area (Å²) in [6, 6.07) is 0. The van der Waals surface area contributed by atoms with E-state index >= 15 is 0 Å². The van der Waals surface area contributed by atoms with Crippen LogP contribution >= 0.6 is 0 Å². The summed E-state index contributed by atoms with van der Waals surface area (Å²) < 4.78 is 0. The smallest absolute Gasteiger partial charge is 0.693 e. The van der Waals surface area contributed by atoms with Crippen LogP contribution in [0.2, 0.25) is 0 Å². The molecule has 0 unspecified atom stereocenters. The predicted molar refractivity (Wildman–Crippen MR) is 12.9 cm³/mol. The summed E-state index contributed by atoms with van der Waals surface area (Å²) in [5.74, 6) is 0. The zero-order chi connectivity index (χ0) is 2.71. The van der Waals surface area contributed by atoms with E-state index in [9.17, 15) is 0 Å². The van der Waals surface area contributed by atoms with E-state index in [2.05, 4.69) is 0 Å². The van der Waals surface area contributed by atoms with Crippen molar-refractivity contribution in [3.8, 4) is 0 Å². The number of rotatable bonds is 0. The van der Waals surface area contributed by atoms with E-state index in [4.69, 9.17) is 10.1 Å². The van der Waals surface area contributed by atoms with Crippen LogP contribution in [0.1, 0.15) is 0 Å². The number of hydrogen-bond acceptors (Lipinski definition) is 2. The van der Waals surface area contributed by atoms with E-state index in [0.717, 1.165) is 0 Å². The Hall–Kier alpha value is 0.360. The molecule has 0 rings (SSSR count). The van der Waals surface area contributed by atoms with Gasteiger partial charge in [0, 0.05) is 0 Å². The fraction of sp³-hybridized carbons (Fsp3) is 0. The van der Waals surface area contributed by atoms with Crippen molar-refractivity contribution in [2.75, 3.05) is 0 Å². The number of nitrogens with zero attached hydrogens (tertiary/aromatic N) is 1. The maximum Gasteiger partial charge on any atom is 1.00 e. The summed E-state index contributed by atoms with van der Waals surface area (Å²) in [4.78, 5) is 8.11. The van der Waals surface area contributed by atoms with Gasteiger partial charge in [-0.2, -0.15) is 0 Å². The molecule has 0 radical (unpaired) electrons. The second kappa shape index (κ2) is 26.6. The molecule has 0 aromatic carbocycles. The van der Waals surface area contributed by atoms with Crippen LogP contribution in [-0.2, 0) is 0 Å². The van der Waals surface area contributed by atoms with Crippen LogP contribution in [0.25, 0.3) is 6.15 Å². The molecule has 0 atom stereocenters. The van der Waals surface area contributed by atoms with Gasteiger partial charge in [-0.3, -0.25) is 0 Å². The molecule has 0 aliphatic heterocycles. The molecule has 0 amide bonds. The summed E-state index contributed by atoms with van der Waals surface area (Å²) in [5, 5.41) is 7.89. The van der Waals surface area contributed by atoms with Crippen LogP contribution < -0.4 is 29.6 Å². The van der Waals surface area contributed by atoms with Crippen molar-refractivity contribution in [2.24, 2.45) is 5.34 Å². The zero-order valence-corrected chi connectivity index (χ0v) is 4.88. The number of hydrogen-bond donors (Lipinski definition) is 1. The maximum absolute atomic E-state index is 8.11. The van der Waals surface area contributed by atoms with Crippen LogP contribution in [0.4, 0.5) is 0 Å². The Kier molecular flexibility index (Phi) is 97.4. The first-order valence-electron chi connectivity index (χ1n) is 0.383. The Morgan fingerprint density at radius 1 is 1.60 bits per heavy atom. The molecule has 0 fully saturated rings. The average Bonchev–Trinajstić information content (AvgIpc) is 0.918. The Labute approximate surface area is 51.4 Å². The van der Waals surface area contributed by atoms with E-state index in [0.29, 0.717) is 0 Å². The first kappa shape index (κ1) is 18.3. The van der Waals surface area contributed by atoms with Gasteiger partial charge < -0.3 is 11.4 Å². The van der Waals surface area contributed by atoms with Crippen LogP contribution in [-0.4, -0.2) is 5.21 Å². The van der Waals surface area contributed by atoms with E-state index in [1.807, 2.05) is 0 Å². The van der Waals surface area contributed by atoms with Crippen LogP contribution in [0.3, 0.4) is 0 Å². The summed E-state index contributed by atoms with van der Waals surface area (Å²) in [6.45, 7) is 0. The molecule has 0 bridgehead atoms. The Morgan fingerprint density at radius 2 is 1.60 bits per heavy atom. The first-order chi connectivity index (χ1) is 1.41. The van der Waals surface area contributed by atoms with E-state index in [1.165, 1.54) is 5.34 Å². The minimum atomic E-state index is 0. The molecule has 0 aromatic heterocycles. The number of nitrogens with two attached hydrogens (primary N) is 1. The third-order valence-corrected chi connectivity index (χ3v) is 0. The predicted octanol–water partition coefficient (Wildman–Crippen LogP) is -2.14. The topological polar surface area (TPSA) is 83.2 Å². The second-order valence-corrected chi connectivity index (χ2v) is 0.0816. The quantitative estimate of drug-likeness (QED) is 0.207. The standard InChI is InChI=1S/HNO2.H2N.Na/c2-1-3;;/h(H,2,3);1H2;/q;-1;+1. The maximum atomic E-state index is 8.11. The second-order valence-electron chi connectivity index (χ2n) is 0.0816. The monoisotopic (exact) mass is 86.0 g/mol. The molecule has 4 nitrogen and oxygen atoms in total. The van der Waals surface area contributed by atoms with Gasteiger partial charge in [-0.25, -0.2) is 0 Å². The molecule has 3 N–H and O–H groups in total. The molecule has 0 heterocycles. The minimum absolute atomic E-state index is 0. The third kappa shape index (κ3) is 187. The molecule has 0 spiro atoms. The average molecular weight is 86.0 g/mol. The SMILES string of the molecule is O=NO.[NH2-].[Na+].